The van der Waals surface area contributed by atoms with Gasteiger partial charge in [0.25, 0.3) is 0 Å². The summed E-state index contributed by atoms with van der Waals surface area (Å²) in [5.74, 6) is 1.02. The van der Waals surface area contributed by atoms with E-state index in [1.807, 2.05) is 0 Å². The average molecular weight is 314 g/mol. The number of benzene rings is 1. The number of rotatable bonds is 5. The monoisotopic (exact) mass is 313 g/mol. The van der Waals surface area contributed by atoms with Gasteiger partial charge in [-0.15, -0.1) is 0 Å². The Hall–Kier alpha value is -0.540. The lowest BCUT2D eigenvalue weighted by Gasteiger charge is -2.22. The largest absolute Gasteiger partial charge is 0.493 e. The predicted octanol–water partition coefficient (Wildman–Crippen LogP) is 4.43. The molecule has 0 aliphatic rings. The molecule has 0 amide bonds. The van der Waals surface area contributed by atoms with Crippen LogP contribution in [0, 0.1) is 6.92 Å². The smallest absolute Gasteiger partial charge is 0.126 e. The van der Waals surface area contributed by atoms with Crippen LogP contribution in [0.1, 0.15) is 45.2 Å². The molecule has 0 bridgehead atoms. The molecule has 0 aliphatic heterocycles. The molecule has 2 nitrogen and oxygen atoms in total. The van der Waals surface area contributed by atoms with Gasteiger partial charge in [-0.3, -0.25) is 0 Å². The molecule has 0 heterocycles. The van der Waals surface area contributed by atoms with Gasteiger partial charge in [-0.1, -0.05) is 22.9 Å². The maximum absolute atomic E-state index is 5.88. The zero-order valence-corrected chi connectivity index (χ0v) is 13.6. The van der Waals surface area contributed by atoms with Crippen LogP contribution in [-0.4, -0.2) is 12.1 Å². The van der Waals surface area contributed by atoms with Crippen molar-refractivity contribution in [2.45, 2.75) is 53.1 Å². The highest BCUT2D eigenvalue weighted by atomic mass is 79.9. The van der Waals surface area contributed by atoms with Crippen molar-refractivity contribution in [3.8, 4) is 5.75 Å². The van der Waals surface area contributed by atoms with Crippen molar-refractivity contribution >= 4 is 15.9 Å². The Balaban J connectivity index is 2.92. The SMILES string of the molecule is CCCOc1c(C)cc(Br)cc1CNC(C)(C)C. The fourth-order valence-corrected chi connectivity index (χ4v) is 2.32. The molecule has 0 saturated heterocycles. The molecule has 0 fully saturated rings. The lowest BCUT2D eigenvalue weighted by atomic mass is 10.1. The Labute approximate surface area is 119 Å². The summed E-state index contributed by atoms with van der Waals surface area (Å²) < 4.78 is 6.98. The maximum Gasteiger partial charge on any atom is 0.126 e. The fraction of sp³-hybridized carbons (Fsp3) is 0.600. The normalized spacial score (nSPS) is 11.7. The summed E-state index contributed by atoms with van der Waals surface area (Å²) in [6, 6.07) is 4.24. The molecule has 102 valence electrons. The lowest BCUT2D eigenvalue weighted by molar-refractivity contribution is 0.309. The van der Waals surface area contributed by atoms with Gasteiger partial charge in [0.2, 0.25) is 0 Å². The molecule has 0 aliphatic carbocycles. The molecule has 0 spiro atoms. The third kappa shape index (κ3) is 4.99. The van der Waals surface area contributed by atoms with Gasteiger partial charge < -0.3 is 10.1 Å². The highest BCUT2D eigenvalue weighted by Gasteiger charge is 2.13. The maximum atomic E-state index is 5.88. The molecular formula is C15H24BrNO. The van der Waals surface area contributed by atoms with Crippen molar-refractivity contribution in [2.75, 3.05) is 6.61 Å². The molecule has 0 radical (unpaired) electrons. The second-order valence-electron chi connectivity index (χ2n) is 5.66. The zero-order valence-electron chi connectivity index (χ0n) is 12.1. The fourth-order valence-electron chi connectivity index (χ4n) is 1.70. The van der Waals surface area contributed by atoms with E-state index in [1.165, 1.54) is 11.1 Å². The minimum absolute atomic E-state index is 0.109. The summed E-state index contributed by atoms with van der Waals surface area (Å²) in [4.78, 5) is 0. The van der Waals surface area contributed by atoms with E-state index < -0.39 is 0 Å². The van der Waals surface area contributed by atoms with E-state index in [2.05, 4.69) is 68.0 Å². The van der Waals surface area contributed by atoms with E-state index in [0.717, 1.165) is 29.8 Å². The predicted molar refractivity (Wildman–Crippen MR) is 81.3 cm³/mol. The van der Waals surface area contributed by atoms with Gasteiger partial charge in [-0.25, -0.2) is 0 Å². The van der Waals surface area contributed by atoms with E-state index in [-0.39, 0.29) is 5.54 Å². The second kappa shape index (κ2) is 6.58. The third-order valence-corrected chi connectivity index (χ3v) is 3.03. The molecule has 1 aromatic rings. The average Bonchev–Trinajstić information content (AvgIpc) is 2.23. The molecule has 18 heavy (non-hydrogen) atoms. The molecule has 0 aromatic heterocycles. The van der Waals surface area contributed by atoms with Crippen LogP contribution in [0.3, 0.4) is 0 Å². The van der Waals surface area contributed by atoms with Crippen LogP contribution in [0.15, 0.2) is 16.6 Å². The standard InChI is InChI=1S/C15H24BrNO/c1-6-7-18-14-11(2)8-13(16)9-12(14)10-17-15(3,4)5/h8-9,17H,6-7,10H2,1-5H3. The van der Waals surface area contributed by atoms with Crippen molar-refractivity contribution in [3.05, 3.63) is 27.7 Å². The van der Waals surface area contributed by atoms with Crippen molar-refractivity contribution in [2.24, 2.45) is 0 Å². The molecular weight excluding hydrogens is 290 g/mol. The first-order chi connectivity index (χ1) is 8.33. The van der Waals surface area contributed by atoms with Crippen molar-refractivity contribution in [1.82, 2.24) is 5.32 Å². The molecule has 1 N–H and O–H groups in total. The summed E-state index contributed by atoms with van der Waals surface area (Å²) in [7, 11) is 0. The second-order valence-corrected chi connectivity index (χ2v) is 6.58. The Bertz CT molecular complexity index is 396. The topological polar surface area (TPSA) is 21.3 Å². The van der Waals surface area contributed by atoms with Crippen LogP contribution in [-0.2, 0) is 6.54 Å². The number of ether oxygens (including phenoxy) is 1. The Kier molecular flexibility index (Phi) is 5.67. The number of hydrogen-bond donors (Lipinski definition) is 1. The lowest BCUT2D eigenvalue weighted by Crippen LogP contribution is -2.35. The van der Waals surface area contributed by atoms with E-state index in [1.54, 1.807) is 0 Å². The first-order valence-electron chi connectivity index (χ1n) is 6.50. The Morgan fingerprint density at radius 2 is 1.94 bits per heavy atom. The molecule has 1 aromatic carbocycles. The minimum Gasteiger partial charge on any atom is -0.493 e. The van der Waals surface area contributed by atoms with Crippen LogP contribution >= 0.6 is 15.9 Å². The first-order valence-corrected chi connectivity index (χ1v) is 7.29. The van der Waals surface area contributed by atoms with E-state index in [4.69, 9.17) is 4.74 Å². The van der Waals surface area contributed by atoms with E-state index in [0.29, 0.717) is 0 Å². The first kappa shape index (κ1) is 15.5. The van der Waals surface area contributed by atoms with Crippen LogP contribution in [0.2, 0.25) is 0 Å². The van der Waals surface area contributed by atoms with Gasteiger partial charge in [-0.05, 0) is 51.8 Å². The summed E-state index contributed by atoms with van der Waals surface area (Å²) >= 11 is 3.55. The van der Waals surface area contributed by atoms with Crippen LogP contribution in [0.4, 0.5) is 0 Å². The summed E-state index contributed by atoms with van der Waals surface area (Å²) in [6.07, 6.45) is 1.03. The van der Waals surface area contributed by atoms with Crippen LogP contribution in [0.5, 0.6) is 5.75 Å². The third-order valence-electron chi connectivity index (χ3n) is 2.58. The van der Waals surface area contributed by atoms with Crippen LogP contribution in [0.25, 0.3) is 0 Å². The summed E-state index contributed by atoms with van der Waals surface area (Å²) in [5, 5.41) is 3.51. The quantitative estimate of drug-likeness (QED) is 0.868. The molecule has 0 unspecified atom stereocenters. The van der Waals surface area contributed by atoms with Gasteiger partial charge in [0, 0.05) is 22.1 Å². The van der Waals surface area contributed by atoms with Gasteiger partial charge >= 0.3 is 0 Å². The van der Waals surface area contributed by atoms with Gasteiger partial charge in [0.05, 0.1) is 6.61 Å². The van der Waals surface area contributed by atoms with Gasteiger partial charge in [-0.2, -0.15) is 0 Å². The summed E-state index contributed by atoms with van der Waals surface area (Å²) in [6.45, 7) is 12.3. The van der Waals surface area contributed by atoms with E-state index >= 15 is 0 Å². The highest BCUT2D eigenvalue weighted by molar-refractivity contribution is 9.10. The molecule has 3 heteroatoms. The molecule has 0 saturated carbocycles. The van der Waals surface area contributed by atoms with Crippen LogP contribution < -0.4 is 10.1 Å². The van der Waals surface area contributed by atoms with Crippen molar-refractivity contribution < 1.29 is 4.74 Å². The van der Waals surface area contributed by atoms with Gasteiger partial charge in [0.15, 0.2) is 0 Å². The van der Waals surface area contributed by atoms with Gasteiger partial charge in [0.1, 0.15) is 5.75 Å². The Morgan fingerprint density at radius 1 is 1.28 bits per heavy atom. The number of aryl methyl sites for hydroxylation is 1. The van der Waals surface area contributed by atoms with E-state index in [9.17, 15) is 0 Å². The number of hydrogen-bond acceptors (Lipinski definition) is 2. The highest BCUT2D eigenvalue weighted by Crippen LogP contribution is 2.28. The minimum atomic E-state index is 0.109. The van der Waals surface area contributed by atoms with Crippen molar-refractivity contribution in [3.63, 3.8) is 0 Å². The van der Waals surface area contributed by atoms with Crippen molar-refractivity contribution in [1.29, 1.82) is 0 Å². The Morgan fingerprint density at radius 3 is 2.50 bits per heavy atom. The molecule has 0 atom stereocenters. The zero-order chi connectivity index (χ0) is 13.8. The summed E-state index contributed by atoms with van der Waals surface area (Å²) in [5.41, 5.74) is 2.51. The number of nitrogens with one attached hydrogen (secondary N) is 1. The number of halogens is 1. The molecule has 1 rings (SSSR count).